The Morgan fingerprint density at radius 2 is 1.62 bits per heavy atom. The van der Waals surface area contributed by atoms with E-state index < -0.39 is 15.8 Å². The molecule has 0 aromatic heterocycles. The van der Waals surface area contributed by atoms with E-state index in [1.54, 1.807) is 0 Å². The van der Waals surface area contributed by atoms with Crippen LogP contribution in [0.4, 0.5) is 4.39 Å². The monoisotopic (exact) mass is 307 g/mol. The summed E-state index contributed by atoms with van der Waals surface area (Å²) in [6, 6.07) is 12.2. The van der Waals surface area contributed by atoms with E-state index in [9.17, 15) is 12.8 Å². The molecule has 0 fully saturated rings. The van der Waals surface area contributed by atoms with Crippen LogP contribution in [0.25, 0.3) is 0 Å². The molecular formula is C16H18FNO2S. The van der Waals surface area contributed by atoms with Crippen molar-refractivity contribution in [2.45, 2.75) is 31.2 Å². The van der Waals surface area contributed by atoms with E-state index >= 15 is 0 Å². The molecule has 2 rings (SSSR count). The maximum Gasteiger partial charge on any atom is 0.241 e. The molecule has 5 heteroatoms. The highest BCUT2D eigenvalue weighted by Gasteiger charge is 2.20. The standard InChI is InChI=1S/C16H18FNO2S/c1-3-16(13-6-4-12(2)5-7-13)18-21(19,20)15-10-8-14(17)9-11-15/h4-11,16,18H,3H2,1-2H3. The minimum Gasteiger partial charge on any atom is -0.207 e. The highest BCUT2D eigenvalue weighted by Crippen LogP contribution is 2.20. The van der Waals surface area contributed by atoms with Gasteiger partial charge in [0.25, 0.3) is 0 Å². The van der Waals surface area contributed by atoms with Gasteiger partial charge in [0.1, 0.15) is 5.82 Å². The van der Waals surface area contributed by atoms with E-state index in [-0.39, 0.29) is 10.9 Å². The van der Waals surface area contributed by atoms with Crippen LogP contribution in [0, 0.1) is 12.7 Å². The fraction of sp³-hybridized carbons (Fsp3) is 0.250. The lowest BCUT2D eigenvalue weighted by Gasteiger charge is -2.18. The highest BCUT2D eigenvalue weighted by molar-refractivity contribution is 7.89. The normalized spacial score (nSPS) is 13.1. The number of benzene rings is 2. The number of halogens is 1. The van der Waals surface area contributed by atoms with Crippen molar-refractivity contribution in [1.82, 2.24) is 4.72 Å². The molecule has 0 aliphatic carbocycles. The number of hydrogen-bond donors (Lipinski definition) is 1. The van der Waals surface area contributed by atoms with Crippen LogP contribution >= 0.6 is 0 Å². The van der Waals surface area contributed by atoms with E-state index in [1.165, 1.54) is 12.1 Å². The number of sulfonamides is 1. The summed E-state index contributed by atoms with van der Waals surface area (Å²) in [5, 5.41) is 0. The Bertz CT molecular complexity index is 694. The lowest BCUT2D eigenvalue weighted by Crippen LogP contribution is -2.28. The van der Waals surface area contributed by atoms with Crippen LogP contribution in [-0.2, 0) is 10.0 Å². The third-order valence-corrected chi connectivity index (χ3v) is 4.80. The van der Waals surface area contributed by atoms with E-state index in [2.05, 4.69) is 4.72 Å². The molecule has 2 aromatic rings. The lowest BCUT2D eigenvalue weighted by atomic mass is 10.0. The molecule has 0 heterocycles. The molecule has 1 N–H and O–H groups in total. The van der Waals surface area contributed by atoms with Gasteiger partial charge in [-0.1, -0.05) is 36.8 Å². The molecule has 1 atom stereocenters. The molecule has 0 saturated heterocycles. The Kier molecular flexibility index (Phi) is 4.75. The average Bonchev–Trinajstić information content (AvgIpc) is 2.46. The van der Waals surface area contributed by atoms with Gasteiger partial charge >= 0.3 is 0 Å². The first-order valence-electron chi connectivity index (χ1n) is 6.77. The van der Waals surface area contributed by atoms with Crippen molar-refractivity contribution >= 4 is 10.0 Å². The van der Waals surface area contributed by atoms with Gasteiger partial charge in [-0.15, -0.1) is 0 Å². The van der Waals surface area contributed by atoms with Crippen molar-refractivity contribution in [2.75, 3.05) is 0 Å². The van der Waals surface area contributed by atoms with E-state index in [0.717, 1.165) is 23.3 Å². The number of aryl methyl sites for hydroxylation is 1. The second kappa shape index (κ2) is 6.37. The topological polar surface area (TPSA) is 46.2 Å². The second-order valence-corrected chi connectivity index (χ2v) is 6.66. The molecule has 112 valence electrons. The molecule has 21 heavy (non-hydrogen) atoms. The summed E-state index contributed by atoms with van der Waals surface area (Å²) < 4.78 is 40.2. The summed E-state index contributed by atoms with van der Waals surface area (Å²) in [6.45, 7) is 3.89. The fourth-order valence-electron chi connectivity index (χ4n) is 2.05. The summed E-state index contributed by atoms with van der Waals surface area (Å²) in [5.74, 6) is -0.459. The van der Waals surface area contributed by atoms with Crippen LogP contribution in [0.2, 0.25) is 0 Å². The van der Waals surface area contributed by atoms with Crippen LogP contribution in [0.3, 0.4) is 0 Å². The molecule has 0 spiro atoms. The van der Waals surface area contributed by atoms with Crippen LogP contribution < -0.4 is 4.72 Å². The minimum atomic E-state index is -3.66. The average molecular weight is 307 g/mol. The van der Waals surface area contributed by atoms with Gasteiger partial charge in [0, 0.05) is 6.04 Å². The molecular weight excluding hydrogens is 289 g/mol. The van der Waals surface area contributed by atoms with Gasteiger partial charge in [0.05, 0.1) is 4.90 Å². The first-order valence-corrected chi connectivity index (χ1v) is 8.25. The Labute approximate surface area is 124 Å². The Morgan fingerprint density at radius 1 is 1.05 bits per heavy atom. The first-order chi connectivity index (χ1) is 9.92. The maximum atomic E-state index is 12.9. The predicted molar refractivity (Wildman–Crippen MR) is 80.9 cm³/mol. The SMILES string of the molecule is CCC(NS(=O)(=O)c1ccc(F)cc1)c1ccc(C)cc1. The zero-order chi connectivity index (χ0) is 15.5. The molecule has 3 nitrogen and oxygen atoms in total. The minimum absolute atomic E-state index is 0.0643. The van der Waals surface area contributed by atoms with Crippen LogP contribution in [0.15, 0.2) is 53.4 Å². The number of rotatable bonds is 5. The Balaban J connectivity index is 2.24. The fourth-order valence-corrected chi connectivity index (χ4v) is 3.36. The lowest BCUT2D eigenvalue weighted by molar-refractivity contribution is 0.549. The summed E-state index contributed by atoms with van der Waals surface area (Å²) in [5.41, 5.74) is 2.03. The molecule has 0 radical (unpaired) electrons. The predicted octanol–water partition coefficient (Wildman–Crippen LogP) is 3.56. The Morgan fingerprint density at radius 3 is 2.14 bits per heavy atom. The van der Waals surface area contributed by atoms with Crippen molar-refractivity contribution in [3.63, 3.8) is 0 Å². The zero-order valence-corrected chi connectivity index (χ0v) is 12.8. The van der Waals surface area contributed by atoms with Crippen molar-refractivity contribution < 1.29 is 12.8 Å². The molecule has 0 amide bonds. The van der Waals surface area contributed by atoms with Crippen LogP contribution in [0.1, 0.15) is 30.5 Å². The third kappa shape index (κ3) is 3.89. The maximum absolute atomic E-state index is 12.9. The molecule has 0 aliphatic rings. The number of nitrogens with one attached hydrogen (secondary N) is 1. The van der Waals surface area contributed by atoms with Gasteiger partial charge in [-0.3, -0.25) is 0 Å². The van der Waals surface area contributed by atoms with Crippen LogP contribution in [-0.4, -0.2) is 8.42 Å². The highest BCUT2D eigenvalue weighted by atomic mass is 32.2. The first kappa shape index (κ1) is 15.7. The molecule has 0 aliphatic heterocycles. The molecule has 0 bridgehead atoms. The quantitative estimate of drug-likeness (QED) is 0.918. The van der Waals surface area contributed by atoms with Gasteiger partial charge in [0.15, 0.2) is 0 Å². The van der Waals surface area contributed by atoms with Gasteiger partial charge in [-0.05, 0) is 43.2 Å². The summed E-state index contributed by atoms with van der Waals surface area (Å²) in [7, 11) is -3.66. The second-order valence-electron chi connectivity index (χ2n) is 4.95. The van der Waals surface area contributed by atoms with Crippen molar-refractivity contribution in [3.05, 3.63) is 65.5 Å². The third-order valence-electron chi connectivity index (χ3n) is 3.31. The van der Waals surface area contributed by atoms with Gasteiger partial charge in [-0.25, -0.2) is 17.5 Å². The van der Waals surface area contributed by atoms with Crippen molar-refractivity contribution in [1.29, 1.82) is 0 Å². The van der Waals surface area contributed by atoms with Crippen molar-refractivity contribution in [3.8, 4) is 0 Å². The summed E-state index contributed by atoms with van der Waals surface area (Å²) >= 11 is 0. The van der Waals surface area contributed by atoms with Gasteiger partial charge in [0.2, 0.25) is 10.0 Å². The number of hydrogen-bond acceptors (Lipinski definition) is 2. The van der Waals surface area contributed by atoms with E-state index in [0.29, 0.717) is 6.42 Å². The molecule has 2 aromatic carbocycles. The van der Waals surface area contributed by atoms with Crippen molar-refractivity contribution in [2.24, 2.45) is 0 Å². The largest absolute Gasteiger partial charge is 0.241 e. The summed E-state index contributed by atoms with van der Waals surface area (Å²) in [6.07, 6.45) is 0.628. The van der Waals surface area contributed by atoms with E-state index in [4.69, 9.17) is 0 Å². The Hall–Kier alpha value is -1.72. The van der Waals surface area contributed by atoms with Crippen LogP contribution in [0.5, 0.6) is 0 Å². The smallest absolute Gasteiger partial charge is 0.207 e. The van der Waals surface area contributed by atoms with E-state index in [1.807, 2.05) is 38.1 Å². The zero-order valence-electron chi connectivity index (χ0n) is 12.0. The van der Waals surface area contributed by atoms with Gasteiger partial charge in [-0.2, -0.15) is 0 Å². The summed E-state index contributed by atoms with van der Waals surface area (Å²) in [4.78, 5) is 0.0643. The van der Waals surface area contributed by atoms with Gasteiger partial charge < -0.3 is 0 Å². The molecule has 1 unspecified atom stereocenters. The molecule has 0 saturated carbocycles.